The van der Waals surface area contributed by atoms with E-state index >= 15 is 0 Å². The Bertz CT molecular complexity index is 827. The van der Waals surface area contributed by atoms with Crippen LogP contribution in [0.25, 0.3) is 0 Å². The third-order valence-electron chi connectivity index (χ3n) is 4.79. The van der Waals surface area contributed by atoms with E-state index in [9.17, 15) is 14.9 Å². The summed E-state index contributed by atoms with van der Waals surface area (Å²) < 4.78 is 0. The molecule has 136 valence electrons. The summed E-state index contributed by atoms with van der Waals surface area (Å²) >= 11 is 0. The molecule has 1 saturated heterocycles. The number of nitro benzene ring substituents is 1. The van der Waals surface area contributed by atoms with Gasteiger partial charge in [0.25, 0.3) is 11.6 Å². The topological polar surface area (TPSA) is 66.7 Å². The monoisotopic (exact) mass is 353 g/mol. The molecule has 0 aromatic heterocycles. The van der Waals surface area contributed by atoms with Gasteiger partial charge in [0.05, 0.1) is 4.92 Å². The number of aryl methyl sites for hydroxylation is 2. The van der Waals surface area contributed by atoms with E-state index in [4.69, 9.17) is 0 Å². The van der Waals surface area contributed by atoms with Crippen LogP contribution < -0.4 is 0 Å². The molecule has 0 atom stereocenters. The zero-order valence-electron chi connectivity index (χ0n) is 15.1. The molecule has 0 aliphatic carbocycles. The van der Waals surface area contributed by atoms with Crippen molar-refractivity contribution in [2.24, 2.45) is 0 Å². The number of carbonyl (C=O) groups excluding carboxylic acids is 1. The summed E-state index contributed by atoms with van der Waals surface area (Å²) in [4.78, 5) is 27.3. The van der Waals surface area contributed by atoms with Crippen LogP contribution in [-0.4, -0.2) is 46.8 Å². The molecule has 0 radical (unpaired) electrons. The molecule has 0 unspecified atom stereocenters. The Balaban J connectivity index is 1.60. The number of piperazine rings is 1. The van der Waals surface area contributed by atoms with E-state index < -0.39 is 4.92 Å². The number of hydrogen-bond donors (Lipinski definition) is 0. The predicted octanol–water partition coefficient (Wildman–Crippen LogP) is 3.17. The molecule has 6 nitrogen and oxygen atoms in total. The highest BCUT2D eigenvalue weighted by molar-refractivity contribution is 5.94. The van der Waals surface area contributed by atoms with Crippen molar-refractivity contribution in [1.29, 1.82) is 0 Å². The third kappa shape index (κ3) is 4.08. The highest BCUT2D eigenvalue weighted by Gasteiger charge is 2.23. The van der Waals surface area contributed by atoms with Crippen molar-refractivity contribution in [2.75, 3.05) is 26.2 Å². The first-order chi connectivity index (χ1) is 12.4. The minimum Gasteiger partial charge on any atom is -0.336 e. The standard InChI is InChI=1S/C20H23N3O3/c1-15-4-3-5-17(12-15)14-21-8-10-22(11-9-21)20(24)18-6-7-19(23(25)26)16(2)13-18/h3-7,12-13H,8-11,14H2,1-2H3. The van der Waals surface area contributed by atoms with Gasteiger partial charge in [-0.1, -0.05) is 29.8 Å². The van der Waals surface area contributed by atoms with Crippen LogP contribution in [0.4, 0.5) is 5.69 Å². The van der Waals surface area contributed by atoms with E-state index in [1.165, 1.54) is 17.2 Å². The van der Waals surface area contributed by atoms with Gasteiger partial charge >= 0.3 is 0 Å². The Labute approximate surface area is 153 Å². The van der Waals surface area contributed by atoms with Gasteiger partial charge in [-0.05, 0) is 31.5 Å². The smallest absolute Gasteiger partial charge is 0.272 e. The molecule has 0 saturated carbocycles. The van der Waals surface area contributed by atoms with E-state index in [1.807, 2.05) is 4.90 Å². The number of amides is 1. The second kappa shape index (κ2) is 7.66. The van der Waals surface area contributed by atoms with Crippen LogP contribution in [0.2, 0.25) is 0 Å². The fourth-order valence-corrected chi connectivity index (χ4v) is 3.35. The number of hydrogen-bond acceptors (Lipinski definition) is 4. The van der Waals surface area contributed by atoms with Gasteiger partial charge in [-0.2, -0.15) is 0 Å². The lowest BCUT2D eigenvalue weighted by Crippen LogP contribution is -2.48. The first-order valence-corrected chi connectivity index (χ1v) is 8.76. The maximum absolute atomic E-state index is 12.7. The third-order valence-corrected chi connectivity index (χ3v) is 4.79. The molecule has 3 rings (SSSR count). The van der Waals surface area contributed by atoms with Gasteiger partial charge in [0.1, 0.15) is 0 Å². The van der Waals surface area contributed by atoms with Gasteiger partial charge in [0.15, 0.2) is 0 Å². The van der Waals surface area contributed by atoms with Crippen molar-refractivity contribution in [3.63, 3.8) is 0 Å². The number of nitro groups is 1. The summed E-state index contributed by atoms with van der Waals surface area (Å²) in [5.41, 5.74) is 3.62. The number of rotatable bonds is 4. The average Bonchev–Trinajstić information content (AvgIpc) is 2.61. The first-order valence-electron chi connectivity index (χ1n) is 8.76. The van der Waals surface area contributed by atoms with Crippen molar-refractivity contribution < 1.29 is 9.72 Å². The van der Waals surface area contributed by atoms with Crippen LogP contribution in [0.3, 0.4) is 0 Å². The maximum Gasteiger partial charge on any atom is 0.272 e. The lowest BCUT2D eigenvalue weighted by Gasteiger charge is -2.34. The molecule has 1 aliphatic heterocycles. The zero-order valence-corrected chi connectivity index (χ0v) is 15.1. The van der Waals surface area contributed by atoms with Crippen LogP contribution in [0, 0.1) is 24.0 Å². The van der Waals surface area contributed by atoms with Crippen LogP contribution in [0.1, 0.15) is 27.0 Å². The van der Waals surface area contributed by atoms with Crippen molar-refractivity contribution in [3.8, 4) is 0 Å². The molecular weight excluding hydrogens is 330 g/mol. The molecule has 0 N–H and O–H groups in total. The van der Waals surface area contributed by atoms with Gasteiger partial charge in [0.2, 0.25) is 0 Å². The van der Waals surface area contributed by atoms with Crippen molar-refractivity contribution in [2.45, 2.75) is 20.4 Å². The molecule has 6 heteroatoms. The Morgan fingerprint density at radius 3 is 2.42 bits per heavy atom. The number of carbonyl (C=O) groups is 1. The number of benzene rings is 2. The van der Waals surface area contributed by atoms with Crippen LogP contribution in [0.15, 0.2) is 42.5 Å². The number of nitrogens with zero attached hydrogens (tertiary/aromatic N) is 3. The summed E-state index contributed by atoms with van der Waals surface area (Å²) in [6.07, 6.45) is 0. The molecule has 1 heterocycles. The van der Waals surface area contributed by atoms with E-state index in [0.29, 0.717) is 24.2 Å². The summed E-state index contributed by atoms with van der Waals surface area (Å²) in [5, 5.41) is 10.9. The Hall–Kier alpha value is -2.73. The molecule has 2 aromatic carbocycles. The highest BCUT2D eigenvalue weighted by Crippen LogP contribution is 2.20. The normalized spacial score (nSPS) is 15.1. The first kappa shape index (κ1) is 18.1. The van der Waals surface area contributed by atoms with E-state index in [-0.39, 0.29) is 11.6 Å². The van der Waals surface area contributed by atoms with Gasteiger partial charge in [-0.3, -0.25) is 19.8 Å². The fourth-order valence-electron chi connectivity index (χ4n) is 3.35. The van der Waals surface area contributed by atoms with E-state index in [2.05, 4.69) is 36.1 Å². The van der Waals surface area contributed by atoms with Crippen LogP contribution in [-0.2, 0) is 6.54 Å². The highest BCUT2D eigenvalue weighted by atomic mass is 16.6. The SMILES string of the molecule is Cc1cccc(CN2CCN(C(=O)c3ccc([N+](=O)[O-])c(C)c3)CC2)c1. The molecule has 2 aromatic rings. The predicted molar refractivity (Wildman–Crippen MR) is 100 cm³/mol. The Morgan fingerprint density at radius 1 is 1.08 bits per heavy atom. The van der Waals surface area contributed by atoms with Crippen molar-refractivity contribution >= 4 is 11.6 Å². The quantitative estimate of drug-likeness (QED) is 0.625. The molecular formula is C20H23N3O3. The summed E-state index contributed by atoms with van der Waals surface area (Å²) in [6, 6.07) is 13.1. The maximum atomic E-state index is 12.7. The summed E-state index contributed by atoms with van der Waals surface area (Å²) in [7, 11) is 0. The largest absolute Gasteiger partial charge is 0.336 e. The molecule has 1 aliphatic rings. The second-order valence-electron chi connectivity index (χ2n) is 6.82. The van der Waals surface area contributed by atoms with E-state index in [1.54, 1.807) is 19.1 Å². The zero-order chi connectivity index (χ0) is 18.7. The van der Waals surface area contributed by atoms with Gasteiger partial charge in [-0.25, -0.2) is 0 Å². The Morgan fingerprint density at radius 2 is 1.81 bits per heavy atom. The van der Waals surface area contributed by atoms with E-state index in [0.717, 1.165) is 19.6 Å². The molecule has 1 fully saturated rings. The van der Waals surface area contributed by atoms with Crippen molar-refractivity contribution in [3.05, 3.63) is 74.8 Å². The second-order valence-corrected chi connectivity index (χ2v) is 6.82. The van der Waals surface area contributed by atoms with Gasteiger partial charge < -0.3 is 4.90 Å². The van der Waals surface area contributed by atoms with Crippen LogP contribution >= 0.6 is 0 Å². The molecule has 1 amide bonds. The lowest BCUT2D eigenvalue weighted by molar-refractivity contribution is -0.385. The minimum atomic E-state index is -0.423. The van der Waals surface area contributed by atoms with Crippen LogP contribution in [0.5, 0.6) is 0 Å². The average molecular weight is 353 g/mol. The molecule has 0 spiro atoms. The summed E-state index contributed by atoms with van der Waals surface area (Å²) in [5.74, 6) is -0.0572. The fraction of sp³-hybridized carbons (Fsp3) is 0.350. The molecule has 26 heavy (non-hydrogen) atoms. The summed E-state index contributed by atoms with van der Waals surface area (Å²) in [6.45, 7) is 7.63. The van der Waals surface area contributed by atoms with Gasteiger partial charge in [0, 0.05) is 49.9 Å². The minimum absolute atomic E-state index is 0.0459. The van der Waals surface area contributed by atoms with Gasteiger partial charge in [-0.15, -0.1) is 0 Å². The Kier molecular flexibility index (Phi) is 5.32. The molecule has 0 bridgehead atoms. The van der Waals surface area contributed by atoms with Crippen molar-refractivity contribution in [1.82, 2.24) is 9.80 Å². The lowest BCUT2D eigenvalue weighted by atomic mass is 10.1.